The molecule has 3 rings (SSSR count). The lowest BCUT2D eigenvalue weighted by atomic mass is 10.1. The van der Waals surface area contributed by atoms with Crippen LogP contribution in [0.5, 0.6) is 0 Å². The highest BCUT2D eigenvalue weighted by Gasteiger charge is 2.17. The number of benzene rings is 2. The molecule has 0 saturated heterocycles. The Hall–Kier alpha value is -3.25. The van der Waals surface area contributed by atoms with Crippen molar-refractivity contribution in [3.8, 4) is 11.4 Å². The molecule has 0 atom stereocenters. The Bertz CT molecular complexity index is 1040. The fourth-order valence-electron chi connectivity index (χ4n) is 3.10. The third kappa shape index (κ3) is 4.18. The molecule has 144 valence electrons. The number of rotatable bonds is 6. The van der Waals surface area contributed by atoms with Crippen LogP contribution in [0.4, 0.5) is 5.69 Å². The largest absolute Gasteiger partial charge is 0.396 e. The highest BCUT2D eigenvalue weighted by Crippen LogP contribution is 2.18. The second-order valence-electron chi connectivity index (χ2n) is 6.59. The lowest BCUT2D eigenvalue weighted by molar-refractivity contribution is -0.116. The third-order valence-electron chi connectivity index (χ3n) is 4.58. The SMILES string of the molecule is Cc1ccccc1NC(=O)Cn1c(-c2ccccc2)nc(C)c(CCO)c1=O. The summed E-state index contributed by atoms with van der Waals surface area (Å²) in [6.45, 7) is 3.33. The second-order valence-corrected chi connectivity index (χ2v) is 6.59. The molecule has 0 bridgehead atoms. The zero-order valence-corrected chi connectivity index (χ0v) is 16.0. The minimum Gasteiger partial charge on any atom is -0.396 e. The van der Waals surface area contributed by atoms with Crippen molar-refractivity contribution < 1.29 is 9.90 Å². The van der Waals surface area contributed by atoms with E-state index >= 15 is 0 Å². The number of aromatic nitrogens is 2. The van der Waals surface area contributed by atoms with Crippen LogP contribution in [0.2, 0.25) is 0 Å². The van der Waals surface area contributed by atoms with E-state index in [1.54, 1.807) is 6.92 Å². The Morgan fingerprint density at radius 1 is 1.07 bits per heavy atom. The summed E-state index contributed by atoms with van der Waals surface area (Å²) >= 11 is 0. The molecule has 0 spiro atoms. The van der Waals surface area contributed by atoms with Crippen molar-refractivity contribution in [3.63, 3.8) is 0 Å². The summed E-state index contributed by atoms with van der Waals surface area (Å²) < 4.78 is 1.38. The van der Waals surface area contributed by atoms with Crippen LogP contribution in [0, 0.1) is 13.8 Å². The van der Waals surface area contributed by atoms with Crippen molar-refractivity contribution in [2.24, 2.45) is 0 Å². The van der Waals surface area contributed by atoms with Crippen LogP contribution in [0.3, 0.4) is 0 Å². The molecule has 0 radical (unpaired) electrons. The van der Waals surface area contributed by atoms with Crippen LogP contribution in [-0.4, -0.2) is 27.2 Å². The van der Waals surface area contributed by atoms with Crippen LogP contribution in [0.15, 0.2) is 59.4 Å². The number of nitrogens with one attached hydrogen (secondary N) is 1. The van der Waals surface area contributed by atoms with Crippen LogP contribution in [-0.2, 0) is 17.8 Å². The second kappa shape index (κ2) is 8.63. The summed E-state index contributed by atoms with van der Waals surface area (Å²) in [6.07, 6.45) is 0.201. The number of para-hydroxylation sites is 1. The Labute approximate surface area is 163 Å². The molecule has 6 heteroatoms. The zero-order chi connectivity index (χ0) is 20.1. The predicted octanol–water partition coefficient (Wildman–Crippen LogP) is 2.70. The number of carbonyl (C=O) groups excluding carboxylic acids is 1. The molecule has 3 aromatic rings. The summed E-state index contributed by atoms with van der Waals surface area (Å²) in [7, 11) is 0. The molecule has 28 heavy (non-hydrogen) atoms. The Balaban J connectivity index is 2.02. The van der Waals surface area contributed by atoms with Gasteiger partial charge in [0.05, 0.1) is 0 Å². The number of aliphatic hydroxyl groups is 1. The monoisotopic (exact) mass is 377 g/mol. The summed E-state index contributed by atoms with van der Waals surface area (Å²) in [5, 5.41) is 12.2. The molecule has 0 saturated carbocycles. The number of nitrogens with zero attached hydrogens (tertiary/aromatic N) is 2. The number of amides is 1. The first-order chi connectivity index (χ1) is 13.5. The smallest absolute Gasteiger partial charge is 0.257 e. The Morgan fingerprint density at radius 3 is 2.43 bits per heavy atom. The molecule has 0 aliphatic rings. The predicted molar refractivity (Wildman–Crippen MR) is 109 cm³/mol. The maximum atomic E-state index is 13.1. The average Bonchev–Trinajstić information content (AvgIpc) is 2.69. The number of aryl methyl sites for hydroxylation is 2. The van der Waals surface area contributed by atoms with Gasteiger partial charge in [0, 0.05) is 35.5 Å². The molecule has 2 N–H and O–H groups in total. The van der Waals surface area contributed by atoms with E-state index in [4.69, 9.17) is 0 Å². The minimum absolute atomic E-state index is 0.155. The summed E-state index contributed by atoms with van der Waals surface area (Å²) in [5.74, 6) is 0.124. The Morgan fingerprint density at radius 2 is 1.75 bits per heavy atom. The van der Waals surface area contributed by atoms with Gasteiger partial charge in [0.1, 0.15) is 12.4 Å². The number of hydrogen-bond donors (Lipinski definition) is 2. The van der Waals surface area contributed by atoms with E-state index in [-0.39, 0.29) is 31.0 Å². The lowest BCUT2D eigenvalue weighted by Crippen LogP contribution is -2.33. The maximum absolute atomic E-state index is 13.1. The molecule has 1 amide bonds. The molecule has 6 nitrogen and oxygen atoms in total. The van der Waals surface area contributed by atoms with Gasteiger partial charge in [-0.05, 0) is 25.5 Å². The van der Waals surface area contributed by atoms with Crippen molar-refractivity contribution in [3.05, 3.63) is 81.8 Å². The molecule has 0 aliphatic carbocycles. The van der Waals surface area contributed by atoms with E-state index in [9.17, 15) is 14.7 Å². The molecule has 2 aromatic carbocycles. The van der Waals surface area contributed by atoms with E-state index in [1.165, 1.54) is 4.57 Å². The van der Waals surface area contributed by atoms with Crippen LogP contribution in [0.25, 0.3) is 11.4 Å². The standard InChI is InChI=1S/C22H23N3O3/c1-15-8-6-7-11-19(15)24-20(27)14-25-21(17-9-4-3-5-10-17)23-16(2)18(12-13-26)22(25)28/h3-11,26H,12-14H2,1-2H3,(H,24,27). The van der Waals surface area contributed by atoms with Gasteiger partial charge in [-0.1, -0.05) is 48.5 Å². The first-order valence-electron chi connectivity index (χ1n) is 9.13. The average molecular weight is 377 g/mol. The number of carbonyl (C=O) groups is 1. The van der Waals surface area contributed by atoms with Crippen LogP contribution in [0.1, 0.15) is 16.8 Å². The zero-order valence-electron chi connectivity index (χ0n) is 16.0. The quantitative estimate of drug-likeness (QED) is 0.692. The number of anilines is 1. The van der Waals surface area contributed by atoms with E-state index < -0.39 is 0 Å². The fourth-order valence-corrected chi connectivity index (χ4v) is 3.10. The normalized spacial score (nSPS) is 10.7. The summed E-state index contributed by atoms with van der Waals surface area (Å²) in [4.78, 5) is 30.3. The number of aliphatic hydroxyl groups excluding tert-OH is 1. The summed E-state index contributed by atoms with van der Waals surface area (Å²) in [5.41, 5.74) is 3.08. The number of hydrogen-bond acceptors (Lipinski definition) is 4. The van der Waals surface area contributed by atoms with Gasteiger partial charge in [-0.3, -0.25) is 14.2 Å². The van der Waals surface area contributed by atoms with E-state index in [2.05, 4.69) is 10.3 Å². The van der Waals surface area contributed by atoms with Crippen molar-refractivity contribution in [1.82, 2.24) is 9.55 Å². The van der Waals surface area contributed by atoms with Gasteiger partial charge < -0.3 is 10.4 Å². The van der Waals surface area contributed by atoms with E-state index in [0.29, 0.717) is 22.8 Å². The van der Waals surface area contributed by atoms with Gasteiger partial charge >= 0.3 is 0 Å². The lowest BCUT2D eigenvalue weighted by Gasteiger charge is -2.16. The molecular formula is C22H23N3O3. The van der Waals surface area contributed by atoms with Crippen LogP contribution >= 0.6 is 0 Å². The third-order valence-corrected chi connectivity index (χ3v) is 4.58. The highest BCUT2D eigenvalue weighted by atomic mass is 16.3. The van der Waals surface area contributed by atoms with Gasteiger partial charge in [0.25, 0.3) is 5.56 Å². The van der Waals surface area contributed by atoms with Crippen molar-refractivity contribution in [2.45, 2.75) is 26.8 Å². The maximum Gasteiger partial charge on any atom is 0.257 e. The first-order valence-corrected chi connectivity index (χ1v) is 9.13. The van der Waals surface area contributed by atoms with Crippen molar-refractivity contribution in [1.29, 1.82) is 0 Å². The van der Waals surface area contributed by atoms with Gasteiger partial charge in [-0.15, -0.1) is 0 Å². The molecular weight excluding hydrogens is 354 g/mol. The van der Waals surface area contributed by atoms with E-state index in [1.807, 2.05) is 61.5 Å². The molecule has 1 heterocycles. The molecule has 0 unspecified atom stereocenters. The van der Waals surface area contributed by atoms with Gasteiger partial charge in [0.2, 0.25) is 5.91 Å². The van der Waals surface area contributed by atoms with Gasteiger partial charge in [0.15, 0.2) is 0 Å². The molecule has 0 aliphatic heterocycles. The molecule has 1 aromatic heterocycles. The Kier molecular flexibility index (Phi) is 6.01. The highest BCUT2D eigenvalue weighted by molar-refractivity contribution is 5.91. The topological polar surface area (TPSA) is 84.2 Å². The van der Waals surface area contributed by atoms with Crippen molar-refractivity contribution >= 4 is 11.6 Å². The van der Waals surface area contributed by atoms with Gasteiger partial charge in [-0.25, -0.2) is 4.98 Å². The summed E-state index contributed by atoms with van der Waals surface area (Å²) in [6, 6.07) is 16.8. The minimum atomic E-state index is -0.311. The molecule has 0 fully saturated rings. The first kappa shape index (κ1) is 19.5. The van der Waals surface area contributed by atoms with Crippen LogP contribution < -0.4 is 10.9 Å². The fraction of sp³-hybridized carbons (Fsp3) is 0.227. The van der Waals surface area contributed by atoms with E-state index in [0.717, 1.165) is 11.1 Å². The van der Waals surface area contributed by atoms with Crippen molar-refractivity contribution in [2.75, 3.05) is 11.9 Å². The van der Waals surface area contributed by atoms with Gasteiger partial charge in [-0.2, -0.15) is 0 Å².